The van der Waals surface area contributed by atoms with Crippen LogP contribution in [0.2, 0.25) is 0 Å². The molecule has 0 radical (unpaired) electrons. The van der Waals surface area contributed by atoms with Gasteiger partial charge in [0, 0.05) is 12.6 Å². The maximum Gasteiger partial charge on any atom is 0.317 e. The molecule has 0 spiro atoms. The van der Waals surface area contributed by atoms with E-state index in [9.17, 15) is 9.90 Å². The van der Waals surface area contributed by atoms with Gasteiger partial charge < -0.3 is 15.3 Å². The average Bonchev–Trinajstić information content (AvgIpc) is 2.38. The quantitative estimate of drug-likeness (QED) is 0.849. The topological polar surface area (TPSA) is 52.6 Å². The second-order valence-corrected chi connectivity index (χ2v) is 6.81. The lowest BCUT2D eigenvalue weighted by Crippen LogP contribution is -2.49. The summed E-state index contributed by atoms with van der Waals surface area (Å²) in [6.07, 6.45) is 0.803. The Morgan fingerprint density at radius 3 is 2.50 bits per heavy atom. The molecule has 4 heteroatoms. The molecule has 1 rings (SSSR count). The second-order valence-electron chi connectivity index (χ2n) is 6.81. The van der Waals surface area contributed by atoms with Gasteiger partial charge in [0.2, 0.25) is 0 Å². The van der Waals surface area contributed by atoms with Crippen molar-refractivity contribution in [1.29, 1.82) is 0 Å². The van der Waals surface area contributed by atoms with Crippen LogP contribution in [0.3, 0.4) is 0 Å². The van der Waals surface area contributed by atoms with Crippen LogP contribution in [0.5, 0.6) is 0 Å². The SMILES string of the molecule is CCN(CC(C)(C)O)C(=O)NC(C)Cc1ccc(C)cc1C. The number of nitrogens with one attached hydrogen (secondary N) is 1. The Balaban J connectivity index is 2.63. The summed E-state index contributed by atoms with van der Waals surface area (Å²) < 4.78 is 0. The van der Waals surface area contributed by atoms with Crippen molar-refractivity contribution in [2.24, 2.45) is 0 Å². The maximum absolute atomic E-state index is 12.3. The van der Waals surface area contributed by atoms with Gasteiger partial charge in [0.25, 0.3) is 0 Å². The number of carbonyl (C=O) groups is 1. The number of rotatable bonds is 6. The number of amides is 2. The molecule has 2 N–H and O–H groups in total. The van der Waals surface area contributed by atoms with Gasteiger partial charge in [-0.2, -0.15) is 0 Å². The highest BCUT2D eigenvalue weighted by Gasteiger charge is 2.22. The summed E-state index contributed by atoms with van der Waals surface area (Å²) in [5.41, 5.74) is 2.87. The summed E-state index contributed by atoms with van der Waals surface area (Å²) in [5, 5.41) is 12.9. The predicted molar refractivity (Wildman–Crippen MR) is 91.2 cm³/mol. The van der Waals surface area contributed by atoms with E-state index in [0.717, 1.165) is 6.42 Å². The van der Waals surface area contributed by atoms with Crippen LogP contribution in [-0.4, -0.2) is 40.8 Å². The average molecular weight is 306 g/mol. The zero-order valence-electron chi connectivity index (χ0n) is 14.7. The van der Waals surface area contributed by atoms with Crippen LogP contribution in [0.4, 0.5) is 4.79 Å². The first-order valence-corrected chi connectivity index (χ1v) is 7.96. The molecule has 0 aliphatic rings. The molecule has 4 nitrogen and oxygen atoms in total. The van der Waals surface area contributed by atoms with Crippen molar-refractivity contribution in [3.63, 3.8) is 0 Å². The van der Waals surface area contributed by atoms with E-state index in [1.165, 1.54) is 16.7 Å². The Kier molecular flexibility index (Phi) is 6.42. The number of aryl methyl sites for hydroxylation is 2. The predicted octanol–water partition coefficient (Wildman–Crippen LogP) is 3.04. The number of hydrogen-bond acceptors (Lipinski definition) is 2. The Morgan fingerprint density at radius 2 is 2.00 bits per heavy atom. The third kappa shape index (κ3) is 6.06. The first-order valence-electron chi connectivity index (χ1n) is 7.96. The van der Waals surface area contributed by atoms with Gasteiger partial charge in [-0.25, -0.2) is 4.79 Å². The molecule has 0 aromatic heterocycles. The van der Waals surface area contributed by atoms with Gasteiger partial charge >= 0.3 is 6.03 Å². The second kappa shape index (κ2) is 7.63. The molecule has 0 bridgehead atoms. The van der Waals surface area contributed by atoms with Gasteiger partial charge in [0.1, 0.15) is 0 Å². The van der Waals surface area contributed by atoms with Crippen LogP contribution >= 0.6 is 0 Å². The fourth-order valence-corrected chi connectivity index (χ4v) is 2.55. The fourth-order valence-electron chi connectivity index (χ4n) is 2.55. The summed E-state index contributed by atoms with van der Waals surface area (Å²) in [5.74, 6) is 0. The molecular weight excluding hydrogens is 276 g/mol. The minimum absolute atomic E-state index is 0.0461. The van der Waals surface area contributed by atoms with Crippen molar-refractivity contribution in [2.75, 3.05) is 13.1 Å². The van der Waals surface area contributed by atoms with Crippen molar-refractivity contribution in [1.82, 2.24) is 10.2 Å². The summed E-state index contributed by atoms with van der Waals surface area (Å²) in [4.78, 5) is 13.9. The first-order chi connectivity index (χ1) is 10.1. The van der Waals surface area contributed by atoms with Gasteiger partial charge in [-0.05, 0) is 59.1 Å². The molecule has 22 heavy (non-hydrogen) atoms. The summed E-state index contributed by atoms with van der Waals surface area (Å²) in [7, 11) is 0. The molecule has 2 amide bonds. The zero-order chi connectivity index (χ0) is 16.9. The Morgan fingerprint density at radius 1 is 1.36 bits per heavy atom. The summed E-state index contributed by atoms with van der Waals surface area (Å²) in [6, 6.07) is 6.31. The molecule has 0 heterocycles. The standard InChI is InChI=1S/C18H30N2O2/c1-7-20(12-18(5,6)22)17(21)19-15(4)11-16-9-8-13(2)10-14(16)3/h8-10,15,22H,7,11-12H2,1-6H3,(H,19,21). The van der Waals surface area contributed by atoms with Crippen molar-refractivity contribution >= 4 is 6.03 Å². The Labute approximate surface area is 134 Å². The molecule has 0 aliphatic heterocycles. The van der Waals surface area contributed by atoms with E-state index in [0.29, 0.717) is 13.1 Å². The van der Waals surface area contributed by atoms with Crippen LogP contribution < -0.4 is 5.32 Å². The first kappa shape index (κ1) is 18.5. The molecule has 0 saturated carbocycles. The molecule has 124 valence electrons. The number of nitrogens with zero attached hydrogens (tertiary/aromatic N) is 1. The smallest absolute Gasteiger partial charge is 0.317 e. The lowest BCUT2D eigenvalue weighted by molar-refractivity contribution is 0.0476. The summed E-state index contributed by atoms with van der Waals surface area (Å²) in [6.45, 7) is 12.4. The molecule has 1 aromatic rings. The van der Waals surface area contributed by atoms with Crippen molar-refractivity contribution < 1.29 is 9.90 Å². The number of hydrogen-bond donors (Lipinski definition) is 2. The monoisotopic (exact) mass is 306 g/mol. The van der Waals surface area contributed by atoms with E-state index >= 15 is 0 Å². The van der Waals surface area contributed by atoms with Crippen LogP contribution in [-0.2, 0) is 6.42 Å². The molecular formula is C18H30N2O2. The maximum atomic E-state index is 12.3. The number of aliphatic hydroxyl groups is 1. The van der Waals surface area contributed by atoms with Crippen LogP contribution in [0.1, 0.15) is 44.4 Å². The minimum Gasteiger partial charge on any atom is -0.389 e. The molecule has 0 aliphatic carbocycles. The lowest BCUT2D eigenvalue weighted by Gasteiger charge is -2.29. The van der Waals surface area contributed by atoms with Gasteiger partial charge in [0.15, 0.2) is 0 Å². The number of benzene rings is 1. The summed E-state index contributed by atoms with van der Waals surface area (Å²) >= 11 is 0. The molecule has 0 saturated heterocycles. The largest absolute Gasteiger partial charge is 0.389 e. The van der Waals surface area contributed by atoms with Crippen molar-refractivity contribution in [2.45, 2.75) is 59.6 Å². The van der Waals surface area contributed by atoms with Gasteiger partial charge in [-0.3, -0.25) is 0 Å². The van der Waals surface area contributed by atoms with Crippen LogP contribution in [0.15, 0.2) is 18.2 Å². The highest BCUT2D eigenvalue weighted by molar-refractivity contribution is 5.74. The van der Waals surface area contributed by atoms with E-state index in [1.54, 1.807) is 18.7 Å². The third-order valence-corrected chi connectivity index (χ3v) is 3.64. The van der Waals surface area contributed by atoms with E-state index in [2.05, 4.69) is 37.4 Å². The van der Waals surface area contributed by atoms with Gasteiger partial charge in [-0.1, -0.05) is 23.8 Å². The lowest BCUT2D eigenvalue weighted by atomic mass is 10.00. The highest BCUT2D eigenvalue weighted by atomic mass is 16.3. The van der Waals surface area contributed by atoms with E-state index in [1.807, 2.05) is 13.8 Å². The number of carbonyl (C=O) groups excluding carboxylic acids is 1. The minimum atomic E-state index is -0.885. The zero-order valence-corrected chi connectivity index (χ0v) is 14.7. The normalized spacial score (nSPS) is 12.9. The molecule has 1 unspecified atom stereocenters. The van der Waals surface area contributed by atoms with Gasteiger partial charge in [0.05, 0.1) is 12.1 Å². The van der Waals surface area contributed by atoms with E-state index in [-0.39, 0.29) is 12.1 Å². The molecule has 1 aromatic carbocycles. The number of likely N-dealkylation sites (N-methyl/N-ethyl adjacent to an activating group) is 1. The fraction of sp³-hybridized carbons (Fsp3) is 0.611. The van der Waals surface area contributed by atoms with Crippen LogP contribution in [0.25, 0.3) is 0 Å². The van der Waals surface area contributed by atoms with Gasteiger partial charge in [-0.15, -0.1) is 0 Å². The molecule has 0 fully saturated rings. The number of urea groups is 1. The third-order valence-electron chi connectivity index (χ3n) is 3.64. The van der Waals surface area contributed by atoms with Crippen molar-refractivity contribution in [3.8, 4) is 0 Å². The Hall–Kier alpha value is -1.55. The van der Waals surface area contributed by atoms with E-state index < -0.39 is 5.60 Å². The molecule has 1 atom stereocenters. The Bertz CT molecular complexity index is 506. The highest BCUT2D eigenvalue weighted by Crippen LogP contribution is 2.13. The van der Waals surface area contributed by atoms with Crippen molar-refractivity contribution in [3.05, 3.63) is 34.9 Å². The van der Waals surface area contributed by atoms with Crippen LogP contribution in [0, 0.1) is 13.8 Å². The van der Waals surface area contributed by atoms with E-state index in [4.69, 9.17) is 0 Å².